The van der Waals surface area contributed by atoms with Crippen molar-refractivity contribution in [1.82, 2.24) is 20.1 Å². The molecule has 0 saturated carbocycles. The van der Waals surface area contributed by atoms with Gasteiger partial charge in [-0.3, -0.25) is 9.78 Å². The summed E-state index contributed by atoms with van der Waals surface area (Å²) in [5.41, 5.74) is 0. The maximum atomic E-state index is 12.5. The van der Waals surface area contributed by atoms with E-state index < -0.39 is 0 Å². The van der Waals surface area contributed by atoms with Crippen LogP contribution in [0.25, 0.3) is 0 Å². The Balaban J connectivity index is 1.33. The van der Waals surface area contributed by atoms with Gasteiger partial charge in [-0.1, -0.05) is 0 Å². The molecule has 0 unspecified atom stereocenters. The lowest BCUT2D eigenvalue weighted by atomic mass is 10.2. The van der Waals surface area contributed by atoms with Crippen LogP contribution in [0.15, 0.2) is 24.5 Å². The molecule has 1 N–H and O–H groups in total. The summed E-state index contributed by atoms with van der Waals surface area (Å²) in [6, 6.07) is 3.60. The van der Waals surface area contributed by atoms with Crippen LogP contribution in [0, 0.1) is 0 Å². The molecule has 8 nitrogen and oxygen atoms in total. The minimum atomic E-state index is -0.287. The van der Waals surface area contributed by atoms with Crippen molar-refractivity contribution >= 4 is 11.9 Å². The lowest BCUT2D eigenvalue weighted by Gasteiger charge is -2.24. The maximum Gasteiger partial charge on any atom is 0.317 e. The molecule has 0 bridgehead atoms. The normalized spacial score (nSPS) is 20.2. The number of amides is 3. The van der Waals surface area contributed by atoms with Crippen LogP contribution in [0.3, 0.4) is 0 Å². The standard InChI is InChI=1S/C19H28N4O4/c24-18(17-6-2-13-27-17)22-9-4-10-23(12-11-22)19(25)21-8-3-14-26-16-5-1-7-20-15-16/h1,5,7,15,17H,2-4,6,8-14H2,(H,21,25)/t17-/m1/s1. The lowest BCUT2D eigenvalue weighted by Crippen LogP contribution is -2.44. The largest absolute Gasteiger partial charge is 0.492 e. The first-order valence-electron chi connectivity index (χ1n) is 9.70. The number of nitrogens with zero attached hydrogens (tertiary/aromatic N) is 3. The highest BCUT2D eigenvalue weighted by atomic mass is 16.5. The predicted molar refractivity (Wildman–Crippen MR) is 99.5 cm³/mol. The summed E-state index contributed by atoms with van der Waals surface area (Å²) < 4.78 is 11.1. The van der Waals surface area contributed by atoms with E-state index in [-0.39, 0.29) is 18.0 Å². The number of hydrogen-bond donors (Lipinski definition) is 1. The van der Waals surface area contributed by atoms with Crippen molar-refractivity contribution in [2.45, 2.75) is 31.8 Å². The third-order valence-corrected chi connectivity index (χ3v) is 4.80. The first kappa shape index (κ1) is 19.4. The van der Waals surface area contributed by atoms with Gasteiger partial charge in [0.15, 0.2) is 0 Å². The number of carbonyl (C=O) groups excluding carboxylic acids is 2. The van der Waals surface area contributed by atoms with Gasteiger partial charge in [-0.25, -0.2) is 4.79 Å². The van der Waals surface area contributed by atoms with Gasteiger partial charge in [-0.15, -0.1) is 0 Å². The number of urea groups is 1. The average molecular weight is 376 g/mol. The Kier molecular flexibility index (Phi) is 7.27. The molecule has 1 atom stereocenters. The minimum Gasteiger partial charge on any atom is -0.492 e. The van der Waals surface area contributed by atoms with Gasteiger partial charge in [0.25, 0.3) is 5.91 Å². The van der Waals surface area contributed by atoms with E-state index in [0.29, 0.717) is 45.9 Å². The van der Waals surface area contributed by atoms with Crippen molar-refractivity contribution in [3.8, 4) is 5.75 Å². The van der Waals surface area contributed by atoms with Gasteiger partial charge in [0.1, 0.15) is 11.9 Å². The molecule has 2 aliphatic heterocycles. The van der Waals surface area contributed by atoms with Crippen LogP contribution in [-0.4, -0.2) is 78.8 Å². The molecule has 3 amide bonds. The number of aromatic nitrogens is 1. The minimum absolute atomic E-state index is 0.0716. The summed E-state index contributed by atoms with van der Waals surface area (Å²) >= 11 is 0. The molecule has 2 fully saturated rings. The van der Waals surface area contributed by atoms with Crippen molar-refractivity contribution in [2.24, 2.45) is 0 Å². The fourth-order valence-electron chi connectivity index (χ4n) is 3.32. The Morgan fingerprint density at radius 2 is 2.07 bits per heavy atom. The smallest absolute Gasteiger partial charge is 0.317 e. The average Bonchev–Trinajstić information content (AvgIpc) is 3.12. The number of nitrogens with one attached hydrogen (secondary N) is 1. The van der Waals surface area contributed by atoms with E-state index in [0.717, 1.165) is 31.4 Å². The summed E-state index contributed by atoms with van der Waals surface area (Å²) in [5.74, 6) is 0.801. The van der Waals surface area contributed by atoms with Gasteiger partial charge in [0.05, 0.1) is 12.8 Å². The zero-order valence-corrected chi connectivity index (χ0v) is 15.6. The summed E-state index contributed by atoms with van der Waals surface area (Å²) in [4.78, 5) is 32.4. The van der Waals surface area contributed by atoms with Crippen molar-refractivity contribution < 1.29 is 19.1 Å². The van der Waals surface area contributed by atoms with Gasteiger partial charge >= 0.3 is 6.03 Å². The molecule has 2 aliphatic rings. The Hall–Kier alpha value is -2.35. The van der Waals surface area contributed by atoms with E-state index in [1.807, 2.05) is 17.0 Å². The molecule has 0 aliphatic carbocycles. The monoisotopic (exact) mass is 376 g/mol. The van der Waals surface area contributed by atoms with Gasteiger partial charge < -0.3 is 24.6 Å². The molecule has 148 valence electrons. The molecule has 2 saturated heterocycles. The second kappa shape index (κ2) is 10.1. The topological polar surface area (TPSA) is 84.0 Å². The second-order valence-corrected chi connectivity index (χ2v) is 6.79. The van der Waals surface area contributed by atoms with Crippen LogP contribution in [0.5, 0.6) is 5.75 Å². The highest BCUT2D eigenvalue weighted by Crippen LogP contribution is 2.16. The van der Waals surface area contributed by atoms with E-state index in [9.17, 15) is 9.59 Å². The Morgan fingerprint density at radius 1 is 1.22 bits per heavy atom. The number of rotatable bonds is 6. The van der Waals surface area contributed by atoms with Crippen LogP contribution in [-0.2, 0) is 9.53 Å². The van der Waals surface area contributed by atoms with Crippen molar-refractivity contribution in [3.63, 3.8) is 0 Å². The molecule has 1 aromatic heterocycles. The summed E-state index contributed by atoms with van der Waals surface area (Å²) in [5, 5.41) is 2.93. The maximum absolute atomic E-state index is 12.5. The highest BCUT2D eigenvalue weighted by molar-refractivity contribution is 5.81. The fraction of sp³-hybridized carbons (Fsp3) is 0.632. The Morgan fingerprint density at radius 3 is 2.85 bits per heavy atom. The van der Waals surface area contributed by atoms with Gasteiger partial charge in [0.2, 0.25) is 0 Å². The summed E-state index contributed by atoms with van der Waals surface area (Å²) in [6.45, 7) is 4.20. The fourth-order valence-corrected chi connectivity index (χ4v) is 3.32. The van der Waals surface area contributed by atoms with Crippen LogP contribution in [0.1, 0.15) is 25.7 Å². The van der Waals surface area contributed by atoms with Crippen LogP contribution >= 0.6 is 0 Å². The lowest BCUT2D eigenvalue weighted by molar-refractivity contribution is -0.140. The third kappa shape index (κ3) is 5.82. The zero-order chi connectivity index (χ0) is 18.9. The zero-order valence-electron chi connectivity index (χ0n) is 15.6. The summed E-state index contributed by atoms with van der Waals surface area (Å²) in [6.07, 6.45) is 6.34. The molecule has 3 rings (SSSR count). The van der Waals surface area contributed by atoms with Gasteiger partial charge in [0, 0.05) is 45.5 Å². The van der Waals surface area contributed by atoms with E-state index in [4.69, 9.17) is 9.47 Å². The van der Waals surface area contributed by atoms with Crippen LogP contribution in [0.4, 0.5) is 4.79 Å². The van der Waals surface area contributed by atoms with Crippen molar-refractivity contribution in [1.29, 1.82) is 0 Å². The molecule has 3 heterocycles. The second-order valence-electron chi connectivity index (χ2n) is 6.79. The molecule has 0 radical (unpaired) electrons. The summed E-state index contributed by atoms with van der Waals surface area (Å²) in [7, 11) is 0. The van der Waals surface area contributed by atoms with Crippen LogP contribution < -0.4 is 10.1 Å². The molecule has 0 aromatic carbocycles. The van der Waals surface area contributed by atoms with E-state index in [1.54, 1.807) is 17.3 Å². The molecule has 8 heteroatoms. The van der Waals surface area contributed by atoms with Crippen LogP contribution in [0.2, 0.25) is 0 Å². The Bertz CT molecular complexity index is 607. The molecule has 0 spiro atoms. The first-order chi connectivity index (χ1) is 13.2. The predicted octanol–water partition coefficient (Wildman–Crippen LogP) is 1.27. The SMILES string of the molecule is O=C(NCCCOc1cccnc1)N1CCCN(C(=O)[C@H]2CCCO2)CC1. The first-order valence-corrected chi connectivity index (χ1v) is 9.70. The molecule has 1 aromatic rings. The van der Waals surface area contributed by atoms with Crippen molar-refractivity contribution in [3.05, 3.63) is 24.5 Å². The van der Waals surface area contributed by atoms with Gasteiger partial charge in [-0.2, -0.15) is 0 Å². The molecular formula is C19H28N4O4. The van der Waals surface area contributed by atoms with Gasteiger partial charge in [-0.05, 0) is 37.8 Å². The number of hydrogen-bond acceptors (Lipinski definition) is 5. The quantitative estimate of drug-likeness (QED) is 0.756. The molecular weight excluding hydrogens is 348 g/mol. The van der Waals surface area contributed by atoms with E-state index >= 15 is 0 Å². The highest BCUT2D eigenvalue weighted by Gasteiger charge is 2.30. The number of pyridine rings is 1. The third-order valence-electron chi connectivity index (χ3n) is 4.80. The Labute approximate surface area is 159 Å². The van der Waals surface area contributed by atoms with Crippen molar-refractivity contribution in [2.75, 3.05) is 45.9 Å². The number of ether oxygens (including phenoxy) is 2. The van der Waals surface area contributed by atoms with E-state index in [1.165, 1.54) is 0 Å². The molecule has 27 heavy (non-hydrogen) atoms. The number of carbonyl (C=O) groups is 2. The van der Waals surface area contributed by atoms with E-state index in [2.05, 4.69) is 10.3 Å².